The van der Waals surface area contributed by atoms with Gasteiger partial charge in [-0.25, -0.2) is 9.97 Å². The van der Waals surface area contributed by atoms with Crippen molar-refractivity contribution in [1.82, 2.24) is 19.7 Å². The van der Waals surface area contributed by atoms with Crippen molar-refractivity contribution in [2.45, 2.75) is 12.2 Å². The number of aromatic hydroxyl groups is 1. The molecular weight excluding hydrogens is 338 g/mol. The van der Waals surface area contributed by atoms with E-state index in [2.05, 4.69) is 20.4 Å². The van der Waals surface area contributed by atoms with Gasteiger partial charge >= 0.3 is 0 Å². The molecule has 0 radical (unpaired) electrons. The van der Waals surface area contributed by atoms with Crippen LogP contribution in [0.1, 0.15) is 22.1 Å². The molecule has 0 saturated heterocycles. The number of aryl methyl sites for hydroxylation is 1. The Labute approximate surface area is 148 Å². The summed E-state index contributed by atoms with van der Waals surface area (Å²) in [4.78, 5) is 20.7. The first-order valence-corrected chi connectivity index (χ1v) is 8.75. The third kappa shape index (κ3) is 2.85. The van der Waals surface area contributed by atoms with Crippen molar-refractivity contribution in [3.63, 3.8) is 0 Å². The van der Waals surface area contributed by atoms with Gasteiger partial charge < -0.3 is 10.4 Å². The molecule has 0 saturated carbocycles. The number of carbonyl (C=O) groups excluding carboxylic acids is 1. The van der Waals surface area contributed by atoms with Gasteiger partial charge in [-0.2, -0.15) is 9.78 Å². The molecule has 3 aromatic rings. The van der Waals surface area contributed by atoms with E-state index < -0.39 is 0 Å². The van der Waals surface area contributed by atoms with Crippen LogP contribution in [0.4, 0.5) is 5.82 Å². The molecule has 8 heteroatoms. The molecule has 0 spiro atoms. The van der Waals surface area contributed by atoms with Crippen LogP contribution in [0.25, 0.3) is 5.95 Å². The summed E-state index contributed by atoms with van der Waals surface area (Å²) < 4.78 is 1.57. The molecular formula is C17H15N5O2S. The molecule has 7 nitrogen and oxygen atoms in total. The Morgan fingerprint density at radius 3 is 2.68 bits per heavy atom. The van der Waals surface area contributed by atoms with Gasteiger partial charge in [-0.05, 0) is 30.7 Å². The molecule has 1 atom stereocenters. The molecule has 2 N–H and O–H groups in total. The summed E-state index contributed by atoms with van der Waals surface area (Å²) >= 11 is 1.53. The van der Waals surface area contributed by atoms with Crippen LogP contribution in [0.5, 0.6) is 5.75 Å². The second-order valence-corrected chi connectivity index (χ2v) is 6.73. The van der Waals surface area contributed by atoms with E-state index in [0.717, 1.165) is 16.8 Å². The number of benzene rings is 1. The molecule has 126 valence electrons. The van der Waals surface area contributed by atoms with Gasteiger partial charge in [0, 0.05) is 18.0 Å². The highest BCUT2D eigenvalue weighted by Crippen LogP contribution is 2.43. The third-order valence-corrected chi connectivity index (χ3v) is 5.22. The molecule has 0 bridgehead atoms. The summed E-state index contributed by atoms with van der Waals surface area (Å²) in [7, 11) is 0. The summed E-state index contributed by atoms with van der Waals surface area (Å²) in [5.41, 5.74) is 2.72. The molecule has 25 heavy (non-hydrogen) atoms. The van der Waals surface area contributed by atoms with Crippen molar-refractivity contribution in [1.29, 1.82) is 0 Å². The molecule has 1 amide bonds. The number of phenols is 1. The number of nitrogens with one attached hydrogen (secondary N) is 1. The Morgan fingerprint density at radius 2 is 1.96 bits per heavy atom. The first-order valence-electron chi connectivity index (χ1n) is 7.71. The molecule has 3 heterocycles. The van der Waals surface area contributed by atoms with E-state index in [0.29, 0.717) is 17.5 Å². The number of carbonyl (C=O) groups is 1. The van der Waals surface area contributed by atoms with Crippen molar-refractivity contribution < 1.29 is 9.90 Å². The van der Waals surface area contributed by atoms with Crippen LogP contribution in [0.2, 0.25) is 0 Å². The summed E-state index contributed by atoms with van der Waals surface area (Å²) in [6, 6.07) is 8.75. The maximum Gasteiger partial charge on any atom is 0.252 e. The van der Waals surface area contributed by atoms with Crippen LogP contribution >= 0.6 is 11.8 Å². The van der Waals surface area contributed by atoms with Gasteiger partial charge in [0.05, 0.1) is 16.7 Å². The average Bonchev–Trinajstić information content (AvgIpc) is 2.83. The quantitative estimate of drug-likeness (QED) is 0.735. The predicted octanol–water partition coefficient (Wildman–Crippen LogP) is 2.45. The number of rotatable bonds is 2. The standard InChI is InChI=1S/C17H15N5O2S/c1-10-14-15(11-3-5-12(23)6-4-11)25-9-13(24)20-16(14)22(21-10)17-18-7-2-8-19-17/h2-8,15,23H,9H2,1H3,(H,20,24)/t15-/m0/s1. The Hall–Kier alpha value is -2.87. The van der Waals surface area contributed by atoms with Crippen molar-refractivity contribution in [2.75, 3.05) is 11.1 Å². The first-order chi connectivity index (χ1) is 12.1. The smallest absolute Gasteiger partial charge is 0.252 e. The highest BCUT2D eigenvalue weighted by Gasteiger charge is 2.31. The van der Waals surface area contributed by atoms with Crippen LogP contribution in [-0.4, -0.2) is 36.5 Å². The van der Waals surface area contributed by atoms with Gasteiger partial charge in [-0.1, -0.05) is 12.1 Å². The van der Waals surface area contributed by atoms with Crippen LogP contribution in [0, 0.1) is 6.92 Å². The monoisotopic (exact) mass is 353 g/mol. The van der Waals surface area contributed by atoms with Gasteiger partial charge in [0.1, 0.15) is 11.6 Å². The largest absolute Gasteiger partial charge is 0.508 e. The van der Waals surface area contributed by atoms with E-state index in [-0.39, 0.29) is 16.9 Å². The van der Waals surface area contributed by atoms with E-state index >= 15 is 0 Å². The first kappa shape index (κ1) is 15.6. The molecule has 1 aliphatic heterocycles. The molecule has 1 aliphatic rings. The average molecular weight is 353 g/mol. The van der Waals surface area contributed by atoms with Gasteiger partial charge in [-0.15, -0.1) is 11.8 Å². The minimum absolute atomic E-state index is 0.0768. The van der Waals surface area contributed by atoms with Gasteiger partial charge in [0.15, 0.2) is 0 Å². The minimum Gasteiger partial charge on any atom is -0.508 e. The van der Waals surface area contributed by atoms with Crippen molar-refractivity contribution >= 4 is 23.5 Å². The summed E-state index contributed by atoms with van der Waals surface area (Å²) in [6.07, 6.45) is 3.27. The SMILES string of the molecule is Cc1nn(-c2ncccn2)c2c1[C@H](c1ccc(O)cc1)SCC(=O)N2. The van der Waals surface area contributed by atoms with Gasteiger partial charge in [-0.3, -0.25) is 4.79 Å². The van der Waals surface area contributed by atoms with Crippen LogP contribution in [-0.2, 0) is 4.79 Å². The molecule has 0 fully saturated rings. The number of hydrogen-bond acceptors (Lipinski definition) is 6. The van der Waals surface area contributed by atoms with E-state index in [1.54, 1.807) is 35.3 Å². The topological polar surface area (TPSA) is 92.9 Å². The number of phenolic OH excluding ortho intramolecular Hbond substituents is 1. The van der Waals surface area contributed by atoms with E-state index in [9.17, 15) is 9.90 Å². The fraction of sp³-hybridized carbons (Fsp3) is 0.176. The van der Waals surface area contributed by atoms with Crippen molar-refractivity contribution in [2.24, 2.45) is 0 Å². The number of anilines is 1. The zero-order valence-electron chi connectivity index (χ0n) is 13.4. The van der Waals surface area contributed by atoms with E-state index in [1.807, 2.05) is 19.1 Å². The zero-order valence-corrected chi connectivity index (χ0v) is 14.2. The van der Waals surface area contributed by atoms with Gasteiger partial charge in [0.25, 0.3) is 5.95 Å². The lowest BCUT2D eigenvalue weighted by atomic mass is 10.0. The van der Waals surface area contributed by atoms with E-state index in [1.165, 1.54) is 11.8 Å². The highest BCUT2D eigenvalue weighted by atomic mass is 32.2. The van der Waals surface area contributed by atoms with Crippen LogP contribution in [0.15, 0.2) is 42.7 Å². The second-order valence-electron chi connectivity index (χ2n) is 5.64. The Balaban J connectivity index is 1.88. The maximum atomic E-state index is 12.2. The summed E-state index contributed by atoms with van der Waals surface area (Å²) in [6.45, 7) is 1.91. The highest BCUT2D eigenvalue weighted by molar-refractivity contribution is 8.00. The number of aromatic nitrogens is 4. The molecule has 2 aromatic heterocycles. The fourth-order valence-corrected chi connectivity index (χ4v) is 4.03. The minimum atomic E-state index is -0.0930. The Bertz CT molecular complexity index is 924. The lowest BCUT2D eigenvalue weighted by Gasteiger charge is -2.15. The zero-order chi connectivity index (χ0) is 17.4. The number of nitrogens with zero attached hydrogens (tertiary/aromatic N) is 4. The number of fused-ring (bicyclic) bond motifs is 1. The Kier molecular flexibility index (Phi) is 3.89. The lowest BCUT2D eigenvalue weighted by molar-refractivity contribution is -0.113. The van der Waals surface area contributed by atoms with Crippen molar-refractivity contribution in [3.05, 3.63) is 59.5 Å². The van der Waals surface area contributed by atoms with Crippen molar-refractivity contribution in [3.8, 4) is 11.7 Å². The fourth-order valence-electron chi connectivity index (χ4n) is 2.84. The summed E-state index contributed by atoms with van der Waals surface area (Å²) in [5.74, 6) is 1.45. The number of thioether (sulfide) groups is 1. The normalized spacial score (nSPS) is 16.8. The lowest BCUT2D eigenvalue weighted by Crippen LogP contribution is -2.16. The number of amides is 1. The maximum absolute atomic E-state index is 12.2. The van der Waals surface area contributed by atoms with Crippen LogP contribution < -0.4 is 5.32 Å². The van der Waals surface area contributed by atoms with E-state index in [4.69, 9.17) is 0 Å². The predicted molar refractivity (Wildman–Crippen MR) is 94.9 cm³/mol. The summed E-state index contributed by atoms with van der Waals surface area (Å²) in [5, 5.41) is 17.0. The number of hydrogen-bond donors (Lipinski definition) is 2. The Morgan fingerprint density at radius 1 is 1.24 bits per heavy atom. The third-order valence-electron chi connectivity index (χ3n) is 3.95. The molecule has 0 unspecified atom stereocenters. The molecule has 4 rings (SSSR count). The second kappa shape index (κ2) is 6.21. The molecule has 0 aliphatic carbocycles. The van der Waals surface area contributed by atoms with Gasteiger partial charge in [0.2, 0.25) is 5.91 Å². The van der Waals surface area contributed by atoms with Crippen LogP contribution in [0.3, 0.4) is 0 Å². The molecule has 1 aromatic carbocycles.